The molecule has 0 saturated heterocycles. The zero-order chi connectivity index (χ0) is 15.2. The number of rotatable bonds is 6. The molecule has 0 amide bonds. The van der Waals surface area contributed by atoms with Crippen molar-refractivity contribution in [3.63, 3.8) is 0 Å². The Hall–Kier alpha value is -2.15. The highest BCUT2D eigenvalue weighted by atomic mass is 35.5. The van der Waals surface area contributed by atoms with Gasteiger partial charge < -0.3 is 15.0 Å². The predicted molar refractivity (Wildman–Crippen MR) is 82.3 cm³/mol. The fourth-order valence-corrected chi connectivity index (χ4v) is 1.62. The molecule has 0 bridgehead atoms. The number of ether oxygens (including phenoxy) is 1. The van der Waals surface area contributed by atoms with Gasteiger partial charge in [-0.25, -0.2) is 0 Å². The van der Waals surface area contributed by atoms with Gasteiger partial charge in [-0.15, -0.1) is 0 Å². The summed E-state index contributed by atoms with van der Waals surface area (Å²) in [4.78, 5) is 18.5. The van der Waals surface area contributed by atoms with Crippen LogP contribution in [0, 0.1) is 0 Å². The maximum Gasteiger partial charge on any atom is 0.328 e. The molecule has 2 rings (SSSR count). The van der Waals surface area contributed by atoms with Crippen LogP contribution in [-0.2, 0) is 0 Å². The smallest absolute Gasteiger partial charge is 0.328 e. The number of anilines is 2. The molecule has 0 aliphatic rings. The molecular weight excluding hydrogens is 292 g/mol. The van der Waals surface area contributed by atoms with Crippen LogP contribution >= 0.6 is 11.6 Å². The number of aromatic nitrogens is 4. The minimum Gasteiger partial charge on any atom is -0.422 e. The molecule has 0 unspecified atom stereocenters. The highest BCUT2D eigenvalue weighted by Crippen LogP contribution is 2.22. The molecule has 7 nitrogen and oxygen atoms in total. The lowest BCUT2D eigenvalue weighted by Crippen LogP contribution is -2.16. The standard InChI is InChI=1S/C13H17ClN6O/c1-4-5-16-11-17-12(20(2)3)19-13(18-11)21-10-6-9(14)7-15-8-10/h6-8H,4-5H2,1-3H3,(H,16,17,18,19). The second-order valence-electron chi connectivity index (χ2n) is 4.50. The van der Waals surface area contributed by atoms with E-state index in [2.05, 4.69) is 32.2 Å². The second-order valence-corrected chi connectivity index (χ2v) is 4.94. The minimum absolute atomic E-state index is 0.191. The quantitative estimate of drug-likeness (QED) is 0.879. The van der Waals surface area contributed by atoms with Gasteiger partial charge in [-0.1, -0.05) is 18.5 Å². The van der Waals surface area contributed by atoms with Crippen molar-refractivity contribution < 1.29 is 4.74 Å². The van der Waals surface area contributed by atoms with Gasteiger partial charge in [-0.05, 0) is 6.42 Å². The van der Waals surface area contributed by atoms with Crippen molar-refractivity contribution in [1.29, 1.82) is 0 Å². The topological polar surface area (TPSA) is 76.1 Å². The number of halogens is 1. The van der Waals surface area contributed by atoms with Crippen molar-refractivity contribution in [3.05, 3.63) is 23.5 Å². The van der Waals surface area contributed by atoms with Crippen LogP contribution in [0.5, 0.6) is 11.8 Å². The van der Waals surface area contributed by atoms with Crippen LogP contribution in [0.25, 0.3) is 0 Å². The average Bonchev–Trinajstić information content (AvgIpc) is 2.45. The summed E-state index contributed by atoms with van der Waals surface area (Å²) in [5, 5.41) is 3.60. The van der Waals surface area contributed by atoms with Crippen molar-refractivity contribution in [3.8, 4) is 11.8 Å². The molecule has 0 radical (unpaired) electrons. The number of nitrogens with one attached hydrogen (secondary N) is 1. The van der Waals surface area contributed by atoms with Crippen LogP contribution in [0.3, 0.4) is 0 Å². The Labute approximate surface area is 128 Å². The van der Waals surface area contributed by atoms with Crippen molar-refractivity contribution >= 4 is 23.5 Å². The van der Waals surface area contributed by atoms with Gasteiger partial charge in [0.25, 0.3) is 0 Å². The third kappa shape index (κ3) is 4.42. The van der Waals surface area contributed by atoms with Crippen LogP contribution < -0.4 is 15.0 Å². The van der Waals surface area contributed by atoms with E-state index in [0.29, 0.717) is 22.7 Å². The molecule has 112 valence electrons. The number of hydrogen-bond acceptors (Lipinski definition) is 7. The first-order valence-corrected chi connectivity index (χ1v) is 6.92. The summed E-state index contributed by atoms with van der Waals surface area (Å²) < 4.78 is 5.59. The molecular formula is C13H17ClN6O. The van der Waals surface area contributed by atoms with Crippen molar-refractivity contribution in [2.75, 3.05) is 30.9 Å². The summed E-state index contributed by atoms with van der Waals surface area (Å²) in [5.41, 5.74) is 0. The molecule has 1 N–H and O–H groups in total. The molecule has 0 spiro atoms. The fourth-order valence-electron chi connectivity index (χ4n) is 1.46. The van der Waals surface area contributed by atoms with Gasteiger partial charge in [0.1, 0.15) is 0 Å². The summed E-state index contributed by atoms with van der Waals surface area (Å²) in [6.07, 6.45) is 4.04. The molecule has 8 heteroatoms. The predicted octanol–water partition coefficient (Wildman–Crippen LogP) is 2.60. The zero-order valence-corrected chi connectivity index (χ0v) is 12.9. The molecule has 21 heavy (non-hydrogen) atoms. The summed E-state index contributed by atoms with van der Waals surface area (Å²) in [5.74, 6) is 1.45. The molecule has 0 fully saturated rings. The van der Waals surface area contributed by atoms with Gasteiger partial charge in [0.05, 0.1) is 11.2 Å². The first-order chi connectivity index (χ1) is 10.1. The first kappa shape index (κ1) is 15.2. The SMILES string of the molecule is CCCNc1nc(Oc2cncc(Cl)c2)nc(N(C)C)n1. The van der Waals surface area contributed by atoms with Gasteiger partial charge in [0.15, 0.2) is 5.75 Å². The molecule has 0 atom stereocenters. The average molecular weight is 309 g/mol. The molecule has 2 aromatic heterocycles. The number of hydrogen-bond donors (Lipinski definition) is 1. The van der Waals surface area contributed by atoms with E-state index in [9.17, 15) is 0 Å². The largest absolute Gasteiger partial charge is 0.422 e. The third-order valence-electron chi connectivity index (χ3n) is 2.43. The van der Waals surface area contributed by atoms with E-state index in [4.69, 9.17) is 16.3 Å². The van der Waals surface area contributed by atoms with E-state index in [1.54, 1.807) is 17.2 Å². The van der Waals surface area contributed by atoms with E-state index >= 15 is 0 Å². The van der Waals surface area contributed by atoms with Crippen LogP contribution in [0.1, 0.15) is 13.3 Å². The lowest BCUT2D eigenvalue weighted by molar-refractivity contribution is 0.438. The summed E-state index contributed by atoms with van der Waals surface area (Å²) >= 11 is 5.88. The lowest BCUT2D eigenvalue weighted by atomic mass is 10.5. The third-order valence-corrected chi connectivity index (χ3v) is 2.63. The molecule has 0 saturated carbocycles. The second kappa shape index (κ2) is 7.03. The normalized spacial score (nSPS) is 10.3. The van der Waals surface area contributed by atoms with Gasteiger partial charge >= 0.3 is 6.01 Å². The molecule has 2 heterocycles. The number of pyridine rings is 1. The monoisotopic (exact) mass is 308 g/mol. The van der Waals surface area contributed by atoms with Crippen molar-refractivity contribution in [2.45, 2.75) is 13.3 Å². The van der Waals surface area contributed by atoms with Crippen LogP contribution in [0.2, 0.25) is 5.02 Å². The fraction of sp³-hybridized carbons (Fsp3) is 0.385. The molecule has 2 aromatic rings. The van der Waals surface area contributed by atoms with E-state index < -0.39 is 0 Å². The Kier molecular flexibility index (Phi) is 5.10. The highest BCUT2D eigenvalue weighted by molar-refractivity contribution is 6.30. The van der Waals surface area contributed by atoms with Gasteiger partial charge in [0, 0.05) is 32.9 Å². The van der Waals surface area contributed by atoms with E-state index in [0.717, 1.165) is 13.0 Å². The Morgan fingerprint density at radius 3 is 2.71 bits per heavy atom. The molecule has 0 aliphatic heterocycles. The van der Waals surface area contributed by atoms with Crippen LogP contribution in [-0.4, -0.2) is 40.6 Å². The number of nitrogens with zero attached hydrogens (tertiary/aromatic N) is 5. The molecule has 0 aromatic carbocycles. The van der Waals surface area contributed by atoms with E-state index in [-0.39, 0.29) is 6.01 Å². The first-order valence-electron chi connectivity index (χ1n) is 6.54. The van der Waals surface area contributed by atoms with E-state index in [1.807, 2.05) is 14.1 Å². The van der Waals surface area contributed by atoms with Crippen LogP contribution in [0.15, 0.2) is 18.5 Å². The Morgan fingerprint density at radius 1 is 1.24 bits per heavy atom. The maximum atomic E-state index is 5.88. The van der Waals surface area contributed by atoms with Crippen molar-refractivity contribution in [1.82, 2.24) is 19.9 Å². The molecule has 0 aliphatic carbocycles. The summed E-state index contributed by atoms with van der Waals surface area (Å²) in [7, 11) is 3.70. The highest BCUT2D eigenvalue weighted by Gasteiger charge is 2.10. The maximum absolute atomic E-state index is 5.88. The van der Waals surface area contributed by atoms with Crippen molar-refractivity contribution in [2.24, 2.45) is 0 Å². The summed E-state index contributed by atoms with van der Waals surface area (Å²) in [6, 6.07) is 1.84. The van der Waals surface area contributed by atoms with Gasteiger partial charge in [-0.2, -0.15) is 15.0 Å². The minimum atomic E-state index is 0.191. The Bertz CT molecular complexity index is 607. The van der Waals surface area contributed by atoms with E-state index in [1.165, 1.54) is 6.20 Å². The van der Waals surface area contributed by atoms with Crippen LogP contribution in [0.4, 0.5) is 11.9 Å². The van der Waals surface area contributed by atoms with Gasteiger partial charge in [-0.3, -0.25) is 4.98 Å². The Balaban J connectivity index is 2.26. The zero-order valence-electron chi connectivity index (χ0n) is 12.2. The summed E-state index contributed by atoms with van der Waals surface area (Å²) in [6.45, 7) is 2.84. The Morgan fingerprint density at radius 2 is 2.05 bits per heavy atom. The van der Waals surface area contributed by atoms with Gasteiger partial charge in [0.2, 0.25) is 11.9 Å². The lowest BCUT2D eigenvalue weighted by Gasteiger charge is -2.13.